The summed E-state index contributed by atoms with van der Waals surface area (Å²) in [5, 5.41) is 0. The van der Waals surface area contributed by atoms with Crippen LogP contribution in [0, 0.1) is 0 Å². The molecular formula is C28H33Cl3N2Ti-2. The third-order valence-electron chi connectivity index (χ3n) is 5.19. The summed E-state index contributed by atoms with van der Waals surface area (Å²) in [6, 6.07) is 34.5. The molecule has 0 fully saturated rings. The molecule has 0 radical (unpaired) electrons. The van der Waals surface area contributed by atoms with Crippen molar-refractivity contribution in [2.75, 3.05) is 38.0 Å². The van der Waals surface area contributed by atoms with Gasteiger partial charge in [0, 0.05) is 39.6 Å². The maximum atomic E-state index is 4.89. The zero-order valence-electron chi connectivity index (χ0n) is 20.2. The molecule has 4 aromatic carbocycles. The number of hydrogen-bond acceptors (Lipinski definition) is 2. The van der Waals surface area contributed by atoms with Gasteiger partial charge in [-0.25, -0.2) is 24.3 Å². The van der Waals surface area contributed by atoms with Crippen molar-refractivity contribution in [3.8, 4) is 0 Å². The second kappa shape index (κ2) is 16.9. The summed E-state index contributed by atoms with van der Waals surface area (Å²) in [5.74, 6) is 0. The Balaban J connectivity index is 0.000000297. The first-order valence-electron chi connectivity index (χ1n) is 10.8. The van der Waals surface area contributed by atoms with Crippen LogP contribution in [0.3, 0.4) is 0 Å². The maximum absolute atomic E-state index is 4.89. The number of hydrogen-bond donors (Lipinski definition) is 0. The Labute approximate surface area is 228 Å². The van der Waals surface area contributed by atoms with E-state index in [0.29, 0.717) is 0 Å². The summed E-state index contributed by atoms with van der Waals surface area (Å²) in [7, 11) is 18.0. The van der Waals surface area contributed by atoms with E-state index in [9.17, 15) is 0 Å². The van der Waals surface area contributed by atoms with E-state index in [0.717, 1.165) is 12.8 Å². The zero-order valence-corrected chi connectivity index (χ0v) is 24.1. The molecule has 182 valence electrons. The SMILES string of the molecule is CN(C)c1ccc(C[c-]2cccc2)cc1.CN(C)c1ccc(C[c-]2cccc2)cc1.Cl.[Cl][Ti][Cl]. The monoisotopic (exact) mass is 550 g/mol. The standard InChI is InChI=1S/2C14H16N.3ClH.Ti/c2*1-15(2)14-9-7-13(8-10-14)11-12-5-3-4-6-12;;;;/h2*3-10H,11H2,1-2H3;3*1H;/q2*-1;;;;+2/p-2. The second-order valence-electron chi connectivity index (χ2n) is 8.13. The van der Waals surface area contributed by atoms with Crippen LogP contribution in [0.15, 0.2) is 97.1 Å². The van der Waals surface area contributed by atoms with Gasteiger partial charge in [-0.2, -0.15) is 35.4 Å². The van der Waals surface area contributed by atoms with Crippen LogP contribution >= 0.6 is 31.0 Å². The van der Waals surface area contributed by atoms with Gasteiger partial charge >= 0.3 is 35.6 Å². The van der Waals surface area contributed by atoms with E-state index in [2.05, 4.69) is 135 Å². The van der Waals surface area contributed by atoms with Crippen molar-refractivity contribution in [3.05, 3.63) is 119 Å². The predicted molar refractivity (Wildman–Crippen MR) is 150 cm³/mol. The molecule has 0 atom stereocenters. The van der Waals surface area contributed by atoms with Gasteiger partial charge in [-0.15, -0.1) is 12.4 Å². The van der Waals surface area contributed by atoms with E-state index in [1.165, 1.54) is 33.6 Å². The summed E-state index contributed by atoms with van der Waals surface area (Å²) in [6.45, 7) is 0. The summed E-state index contributed by atoms with van der Waals surface area (Å²) in [6.07, 6.45) is 2.06. The Morgan fingerprint density at radius 2 is 0.853 bits per heavy atom. The van der Waals surface area contributed by atoms with Crippen molar-refractivity contribution in [1.82, 2.24) is 0 Å². The first kappa shape index (κ1) is 30.4. The molecule has 0 aliphatic heterocycles. The molecule has 0 saturated heterocycles. The van der Waals surface area contributed by atoms with Gasteiger partial charge in [-0.3, -0.25) is 0 Å². The Hall–Kier alpha value is -1.68. The van der Waals surface area contributed by atoms with Gasteiger partial charge in [0.25, 0.3) is 0 Å². The van der Waals surface area contributed by atoms with Crippen molar-refractivity contribution in [2.24, 2.45) is 0 Å². The topological polar surface area (TPSA) is 6.48 Å². The van der Waals surface area contributed by atoms with Crippen LogP contribution in [0.4, 0.5) is 11.4 Å². The van der Waals surface area contributed by atoms with Crippen molar-refractivity contribution >= 4 is 42.4 Å². The van der Waals surface area contributed by atoms with Crippen LogP contribution in [0.25, 0.3) is 0 Å². The first-order chi connectivity index (χ1) is 15.9. The summed E-state index contributed by atoms with van der Waals surface area (Å²) >= 11 is -0.556. The first-order valence-corrected chi connectivity index (χ1v) is 15.1. The average Bonchev–Trinajstić information content (AvgIpc) is 3.50. The van der Waals surface area contributed by atoms with Gasteiger partial charge in [0.15, 0.2) is 0 Å². The van der Waals surface area contributed by atoms with Crippen LogP contribution in [0.2, 0.25) is 0 Å². The number of anilines is 2. The minimum absolute atomic E-state index is 0. The summed E-state index contributed by atoms with van der Waals surface area (Å²) < 4.78 is 0. The van der Waals surface area contributed by atoms with Crippen LogP contribution < -0.4 is 9.80 Å². The Bertz CT molecular complexity index is 911. The molecule has 4 rings (SSSR count). The van der Waals surface area contributed by atoms with E-state index in [4.69, 9.17) is 18.6 Å². The van der Waals surface area contributed by atoms with Crippen LogP contribution in [0.1, 0.15) is 22.3 Å². The van der Waals surface area contributed by atoms with Gasteiger partial charge in [-0.1, -0.05) is 35.4 Å². The molecule has 0 bridgehead atoms. The van der Waals surface area contributed by atoms with Gasteiger partial charge in [0.05, 0.1) is 0 Å². The number of halogens is 3. The second-order valence-corrected chi connectivity index (χ2v) is 10.7. The fourth-order valence-electron chi connectivity index (χ4n) is 3.36. The van der Waals surface area contributed by atoms with Crippen molar-refractivity contribution in [1.29, 1.82) is 0 Å². The fourth-order valence-corrected chi connectivity index (χ4v) is 3.36. The third kappa shape index (κ3) is 11.2. The molecule has 34 heavy (non-hydrogen) atoms. The van der Waals surface area contributed by atoms with Crippen LogP contribution in [-0.2, 0) is 29.9 Å². The van der Waals surface area contributed by atoms with Crippen molar-refractivity contribution in [3.63, 3.8) is 0 Å². The van der Waals surface area contributed by atoms with E-state index >= 15 is 0 Å². The zero-order chi connectivity index (χ0) is 24.1. The quantitative estimate of drug-likeness (QED) is 0.177. The van der Waals surface area contributed by atoms with Crippen molar-refractivity contribution < 1.29 is 17.0 Å². The summed E-state index contributed by atoms with van der Waals surface area (Å²) in [4.78, 5) is 4.23. The average molecular weight is 552 g/mol. The molecule has 0 aliphatic carbocycles. The molecule has 0 aromatic heterocycles. The van der Waals surface area contributed by atoms with Gasteiger partial charge in [0.2, 0.25) is 0 Å². The molecule has 0 saturated carbocycles. The van der Waals surface area contributed by atoms with E-state index in [-0.39, 0.29) is 12.4 Å². The van der Waals surface area contributed by atoms with E-state index < -0.39 is 17.0 Å². The van der Waals surface area contributed by atoms with E-state index in [1.807, 2.05) is 0 Å². The minimum atomic E-state index is -0.556. The third-order valence-corrected chi connectivity index (χ3v) is 5.19. The Morgan fingerprint density at radius 1 is 0.588 bits per heavy atom. The molecule has 2 nitrogen and oxygen atoms in total. The molecule has 4 aromatic rings. The molecule has 0 N–H and O–H groups in total. The molecule has 0 heterocycles. The normalized spacial score (nSPS) is 9.47. The van der Waals surface area contributed by atoms with E-state index in [1.54, 1.807) is 0 Å². The molecular weight excluding hydrogens is 519 g/mol. The van der Waals surface area contributed by atoms with Crippen LogP contribution in [0.5, 0.6) is 0 Å². The molecule has 0 spiro atoms. The predicted octanol–water partition coefficient (Wildman–Crippen LogP) is 7.92. The number of benzene rings is 2. The van der Waals surface area contributed by atoms with Gasteiger partial charge in [0.1, 0.15) is 0 Å². The Kier molecular flexibility index (Phi) is 15.1. The fraction of sp³-hybridized carbons (Fsp3) is 0.214. The molecule has 6 heteroatoms. The molecule has 0 amide bonds. The number of nitrogens with zero attached hydrogens (tertiary/aromatic N) is 2. The van der Waals surface area contributed by atoms with Gasteiger partial charge < -0.3 is 9.80 Å². The van der Waals surface area contributed by atoms with Crippen LogP contribution in [-0.4, -0.2) is 28.2 Å². The Morgan fingerprint density at radius 3 is 1.09 bits per heavy atom. The van der Waals surface area contributed by atoms with Gasteiger partial charge in [-0.05, 0) is 37.1 Å². The number of rotatable bonds is 6. The summed E-state index contributed by atoms with van der Waals surface area (Å²) in [5.41, 5.74) is 8.00. The van der Waals surface area contributed by atoms with Crippen molar-refractivity contribution in [2.45, 2.75) is 12.8 Å². The molecule has 0 aliphatic rings. The molecule has 0 unspecified atom stereocenters.